The number of hydrogen-bond acceptors (Lipinski definition) is 3. The highest BCUT2D eigenvalue weighted by atomic mass is 16.5. The number of para-hydroxylation sites is 1. The minimum absolute atomic E-state index is 0.0426. The number of amides is 2. The third kappa shape index (κ3) is 2.18. The molecule has 3 rings (SSSR count). The molecule has 0 aliphatic carbocycles. The molecule has 1 aromatic carbocycles. The third-order valence-electron chi connectivity index (χ3n) is 3.96. The Balaban J connectivity index is 1.95. The van der Waals surface area contributed by atoms with Gasteiger partial charge in [0.15, 0.2) is 0 Å². The highest BCUT2D eigenvalue weighted by molar-refractivity contribution is 6.06. The van der Waals surface area contributed by atoms with Gasteiger partial charge in [-0.05, 0) is 24.5 Å². The zero-order chi connectivity index (χ0) is 14.1. The summed E-state index contributed by atoms with van der Waals surface area (Å²) in [4.78, 5) is 26.4. The number of nitrogens with one attached hydrogen (secondary N) is 1. The summed E-state index contributed by atoms with van der Waals surface area (Å²) in [6.07, 6.45) is 0.513. The lowest BCUT2D eigenvalue weighted by Gasteiger charge is -2.26. The van der Waals surface area contributed by atoms with Crippen LogP contribution in [-0.2, 0) is 9.53 Å². The number of fused-ring (bicyclic) bond motifs is 1. The average molecular weight is 274 g/mol. The lowest BCUT2D eigenvalue weighted by atomic mass is 10.0. The lowest BCUT2D eigenvalue weighted by Crippen LogP contribution is -2.43. The van der Waals surface area contributed by atoms with Gasteiger partial charge in [-0.1, -0.05) is 19.1 Å². The van der Waals surface area contributed by atoms with Crippen molar-refractivity contribution in [1.82, 2.24) is 5.32 Å². The van der Waals surface area contributed by atoms with E-state index >= 15 is 0 Å². The van der Waals surface area contributed by atoms with Crippen molar-refractivity contribution in [3.63, 3.8) is 0 Å². The molecule has 0 spiro atoms. The fraction of sp³-hybridized carbons (Fsp3) is 0.467. The molecule has 2 aliphatic heterocycles. The number of carbonyl (C=O) groups is 2. The van der Waals surface area contributed by atoms with Crippen molar-refractivity contribution in [2.45, 2.75) is 19.4 Å². The van der Waals surface area contributed by atoms with E-state index in [0.717, 1.165) is 6.42 Å². The van der Waals surface area contributed by atoms with E-state index in [2.05, 4.69) is 5.32 Å². The summed E-state index contributed by atoms with van der Waals surface area (Å²) in [7, 11) is 0. The normalized spacial score (nSPS) is 25.9. The number of rotatable bonds is 1. The van der Waals surface area contributed by atoms with Gasteiger partial charge in [-0.15, -0.1) is 0 Å². The minimum Gasteiger partial charge on any atom is -0.368 e. The molecule has 0 aromatic heterocycles. The molecular weight excluding hydrogens is 256 g/mol. The van der Waals surface area contributed by atoms with E-state index in [4.69, 9.17) is 4.74 Å². The van der Waals surface area contributed by atoms with Crippen molar-refractivity contribution in [3.8, 4) is 0 Å². The van der Waals surface area contributed by atoms with E-state index in [1.807, 2.05) is 19.1 Å². The summed E-state index contributed by atoms with van der Waals surface area (Å²) in [5.74, 6) is 0.0526. The Morgan fingerprint density at radius 2 is 2.20 bits per heavy atom. The Bertz CT molecular complexity index is 544. The van der Waals surface area contributed by atoms with Crippen molar-refractivity contribution >= 4 is 17.5 Å². The third-order valence-corrected chi connectivity index (χ3v) is 3.96. The fourth-order valence-corrected chi connectivity index (χ4v) is 2.79. The number of anilines is 1. The van der Waals surface area contributed by atoms with Crippen molar-refractivity contribution in [2.24, 2.45) is 5.92 Å². The molecular formula is C15H18N2O3. The summed E-state index contributed by atoms with van der Waals surface area (Å²) < 4.78 is 5.57. The maximum absolute atomic E-state index is 12.7. The standard InChI is InChI=1S/C15H18N2O3/c1-10-6-9-20-13(10)15(19)17-8-7-16-14(18)11-4-2-3-5-12(11)17/h2-5,10,13H,6-9H2,1H3,(H,16,18)/t10-,13+/m1/s1. The van der Waals surface area contributed by atoms with Crippen LogP contribution in [0, 0.1) is 5.92 Å². The van der Waals surface area contributed by atoms with Crippen molar-refractivity contribution in [3.05, 3.63) is 29.8 Å². The predicted molar refractivity (Wildman–Crippen MR) is 74.6 cm³/mol. The molecule has 106 valence electrons. The summed E-state index contributed by atoms with van der Waals surface area (Å²) in [5.41, 5.74) is 1.22. The van der Waals surface area contributed by atoms with Gasteiger partial charge in [-0.2, -0.15) is 0 Å². The maximum atomic E-state index is 12.7. The largest absolute Gasteiger partial charge is 0.368 e. The van der Waals surface area contributed by atoms with Gasteiger partial charge < -0.3 is 15.0 Å². The molecule has 0 bridgehead atoms. The molecule has 2 atom stereocenters. The number of ether oxygens (including phenoxy) is 1. The molecule has 1 saturated heterocycles. The van der Waals surface area contributed by atoms with Gasteiger partial charge in [0.2, 0.25) is 0 Å². The Morgan fingerprint density at radius 3 is 2.95 bits per heavy atom. The molecule has 5 nitrogen and oxygen atoms in total. The first kappa shape index (κ1) is 13.1. The van der Waals surface area contributed by atoms with Crippen LogP contribution in [-0.4, -0.2) is 37.6 Å². The smallest absolute Gasteiger partial charge is 0.256 e. The van der Waals surface area contributed by atoms with Crippen LogP contribution in [0.5, 0.6) is 0 Å². The van der Waals surface area contributed by atoms with Gasteiger partial charge in [0.1, 0.15) is 6.10 Å². The molecule has 2 amide bonds. The van der Waals surface area contributed by atoms with Crippen LogP contribution in [0.3, 0.4) is 0 Å². The van der Waals surface area contributed by atoms with E-state index in [-0.39, 0.29) is 17.7 Å². The highest BCUT2D eigenvalue weighted by Crippen LogP contribution is 2.27. The summed E-state index contributed by atoms with van der Waals surface area (Å²) >= 11 is 0. The summed E-state index contributed by atoms with van der Waals surface area (Å²) in [5, 5.41) is 2.81. The van der Waals surface area contributed by atoms with Gasteiger partial charge in [0.05, 0.1) is 11.3 Å². The van der Waals surface area contributed by atoms with E-state index in [9.17, 15) is 9.59 Å². The Hall–Kier alpha value is -1.88. The van der Waals surface area contributed by atoms with Crippen LogP contribution >= 0.6 is 0 Å². The van der Waals surface area contributed by atoms with E-state index < -0.39 is 6.10 Å². The second-order valence-electron chi connectivity index (χ2n) is 5.32. The van der Waals surface area contributed by atoms with E-state index in [0.29, 0.717) is 30.9 Å². The number of carbonyl (C=O) groups excluding carboxylic acids is 2. The molecule has 0 saturated carbocycles. The van der Waals surface area contributed by atoms with Crippen LogP contribution in [0.1, 0.15) is 23.7 Å². The van der Waals surface area contributed by atoms with Gasteiger partial charge >= 0.3 is 0 Å². The lowest BCUT2D eigenvalue weighted by molar-refractivity contribution is -0.128. The molecule has 20 heavy (non-hydrogen) atoms. The van der Waals surface area contributed by atoms with Crippen LogP contribution in [0.4, 0.5) is 5.69 Å². The van der Waals surface area contributed by atoms with Gasteiger partial charge in [-0.3, -0.25) is 9.59 Å². The van der Waals surface area contributed by atoms with Crippen molar-refractivity contribution < 1.29 is 14.3 Å². The second-order valence-corrected chi connectivity index (χ2v) is 5.32. The molecule has 1 aromatic rings. The van der Waals surface area contributed by atoms with Gasteiger partial charge in [-0.25, -0.2) is 0 Å². The van der Waals surface area contributed by atoms with Crippen LogP contribution in [0.2, 0.25) is 0 Å². The van der Waals surface area contributed by atoms with Crippen LogP contribution in [0.25, 0.3) is 0 Å². The molecule has 5 heteroatoms. The van der Waals surface area contributed by atoms with Crippen molar-refractivity contribution in [2.75, 3.05) is 24.6 Å². The number of hydrogen-bond donors (Lipinski definition) is 1. The SMILES string of the molecule is C[C@@H]1CCO[C@@H]1C(=O)N1CCNC(=O)c2ccccc21. The highest BCUT2D eigenvalue weighted by Gasteiger charge is 2.36. The number of benzene rings is 1. The first-order chi connectivity index (χ1) is 9.68. The average Bonchev–Trinajstić information content (AvgIpc) is 2.81. The summed E-state index contributed by atoms with van der Waals surface area (Å²) in [6.45, 7) is 3.60. The fourth-order valence-electron chi connectivity index (χ4n) is 2.79. The van der Waals surface area contributed by atoms with Crippen LogP contribution < -0.4 is 10.2 Å². The topological polar surface area (TPSA) is 58.6 Å². The van der Waals surface area contributed by atoms with Gasteiger partial charge in [0.25, 0.3) is 11.8 Å². The predicted octanol–water partition coefficient (Wildman–Crippen LogP) is 1.19. The quantitative estimate of drug-likeness (QED) is 0.837. The van der Waals surface area contributed by atoms with E-state index in [1.54, 1.807) is 17.0 Å². The molecule has 0 radical (unpaired) electrons. The van der Waals surface area contributed by atoms with Crippen molar-refractivity contribution in [1.29, 1.82) is 0 Å². The second kappa shape index (κ2) is 5.25. The zero-order valence-electron chi connectivity index (χ0n) is 11.5. The monoisotopic (exact) mass is 274 g/mol. The zero-order valence-corrected chi connectivity index (χ0v) is 11.5. The summed E-state index contributed by atoms with van der Waals surface area (Å²) in [6, 6.07) is 7.21. The Kier molecular flexibility index (Phi) is 3.44. The molecule has 0 unspecified atom stereocenters. The number of nitrogens with zero attached hydrogens (tertiary/aromatic N) is 1. The van der Waals surface area contributed by atoms with Gasteiger partial charge in [0, 0.05) is 19.7 Å². The minimum atomic E-state index is -0.392. The molecule has 1 fully saturated rings. The Labute approximate surface area is 117 Å². The maximum Gasteiger partial charge on any atom is 0.256 e. The van der Waals surface area contributed by atoms with Crippen LogP contribution in [0.15, 0.2) is 24.3 Å². The first-order valence-electron chi connectivity index (χ1n) is 6.98. The molecule has 1 N–H and O–H groups in total. The molecule has 2 aliphatic rings. The van der Waals surface area contributed by atoms with E-state index in [1.165, 1.54) is 0 Å². The Morgan fingerprint density at radius 1 is 1.40 bits per heavy atom. The first-order valence-corrected chi connectivity index (χ1v) is 6.98. The molecule has 2 heterocycles.